The zero-order valence-corrected chi connectivity index (χ0v) is 20.9. The molecule has 0 bridgehead atoms. The van der Waals surface area contributed by atoms with Gasteiger partial charge in [-0.1, -0.05) is 67.7 Å². The summed E-state index contributed by atoms with van der Waals surface area (Å²) in [6, 6.07) is 3.44. The molecule has 2 amide bonds. The van der Waals surface area contributed by atoms with Crippen molar-refractivity contribution in [3.05, 3.63) is 90.9 Å². The number of hydrogen-bond donors (Lipinski definition) is 1. The van der Waals surface area contributed by atoms with Crippen molar-refractivity contribution in [1.82, 2.24) is 15.2 Å². The zero-order valence-electron chi connectivity index (χ0n) is 20.9. The van der Waals surface area contributed by atoms with Crippen LogP contribution >= 0.6 is 0 Å². The lowest BCUT2D eigenvalue weighted by atomic mass is 10.2. The van der Waals surface area contributed by atoms with E-state index < -0.39 is 0 Å². The number of likely N-dealkylation sites (N-methyl/N-ethyl adjacent to an activating group) is 1. The van der Waals surface area contributed by atoms with Crippen LogP contribution in [0.25, 0.3) is 0 Å². The summed E-state index contributed by atoms with van der Waals surface area (Å²) in [5, 5.41) is 2.81. The van der Waals surface area contributed by atoms with E-state index in [1.165, 1.54) is 6.20 Å². The summed E-state index contributed by atoms with van der Waals surface area (Å²) >= 11 is 0. The molecule has 0 unspecified atom stereocenters. The molecule has 34 heavy (non-hydrogen) atoms. The lowest BCUT2D eigenvalue weighted by Gasteiger charge is -2.17. The molecule has 1 aromatic rings. The van der Waals surface area contributed by atoms with Gasteiger partial charge in [-0.2, -0.15) is 0 Å². The van der Waals surface area contributed by atoms with Gasteiger partial charge in [-0.3, -0.25) is 14.6 Å². The number of amides is 2. The van der Waals surface area contributed by atoms with E-state index in [0.29, 0.717) is 25.1 Å². The Kier molecular flexibility index (Phi) is 17.3. The van der Waals surface area contributed by atoms with E-state index in [0.717, 1.165) is 44.9 Å². The van der Waals surface area contributed by atoms with Gasteiger partial charge in [-0.25, -0.2) is 0 Å². The highest BCUT2D eigenvalue weighted by Gasteiger charge is 2.09. The summed E-state index contributed by atoms with van der Waals surface area (Å²) in [5.41, 5.74) is 0.522. The van der Waals surface area contributed by atoms with Gasteiger partial charge in [0.2, 0.25) is 5.91 Å². The van der Waals surface area contributed by atoms with Gasteiger partial charge in [0.1, 0.15) is 0 Å². The van der Waals surface area contributed by atoms with Crippen LogP contribution in [0.1, 0.15) is 68.6 Å². The van der Waals surface area contributed by atoms with Gasteiger partial charge in [-0.05, 0) is 57.1 Å². The van der Waals surface area contributed by atoms with Crippen LogP contribution in [-0.2, 0) is 4.79 Å². The fourth-order valence-electron chi connectivity index (χ4n) is 2.99. The summed E-state index contributed by atoms with van der Waals surface area (Å²) in [7, 11) is 1.77. The zero-order chi connectivity index (χ0) is 24.7. The molecule has 1 N–H and O–H groups in total. The molecule has 1 aromatic heterocycles. The highest BCUT2D eigenvalue weighted by molar-refractivity contribution is 5.93. The van der Waals surface area contributed by atoms with Crippen molar-refractivity contribution < 1.29 is 9.59 Å². The molecule has 5 nitrogen and oxygen atoms in total. The topological polar surface area (TPSA) is 62.3 Å². The monoisotopic (exact) mass is 463 g/mol. The van der Waals surface area contributed by atoms with Crippen LogP contribution in [0.15, 0.2) is 85.3 Å². The van der Waals surface area contributed by atoms with Crippen molar-refractivity contribution >= 4 is 11.8 Å². The minimum atomic E-state index is -0.174. The summed E-state index contributed by atoms with van der Waals surface area (Å²) in [5.74, 6) is -0.0738. The first-order chi connectivity index (χ1) is 16.6. The van der Waals surface area contributed by atoms with Crippen molar-refractivity contribution in [2.45, 2.75) is 58.3 Å². The molecule has 0 radical (unpaired) electrons. The maximum atomic E-state index is 12.2. The average Bonchev–Trinajstić information content (AvgIpc) is 2.86. The van der Waals surface area contributed by atoms with E-state index in [4.69, 9.17) is 0 Å². The summed E-state index contributed by atoms with van der Waals surface area (Å²) in [6.07, 6.45) is 32.2. The lowest BCUT2D eigenvalue weighted by molar-refractivity contribution is -0.129. The molecule has 0 spiro atoms. The number of rotatable bonds is 17. The number of nitrogens with one attached hydrogen (secondary N) is 1. The Morgan fingerprint density at radius 3 is 2.06 bits per heavy atom. The predicted molar refractivity (Wildman–Crippen MR) is 143 cm³/mol. The quantitative estimate of drug-likeness (QED) is 0.221. The predicted octanol–water partition coefficient (Wildman–Crippen LogP) is 6.19. The number of pyridine rings is 1. The Hall–Kier alpha value is -3.21. The second-order valence-corrected chi connectivity index (χ2v) is 7.91. The minimum absolute atomic E-state index is 0.1000. The third-order valence-electron chi connectivity index (χ3n) is 5.00. The van der Waals surface area contributed by atoms with Crippen molar-refractivity contribution in [1.29, 1.82) is 0 Å². The number of aromatic nitrogens is 1. The molecular weight excluding hydrogens is 422 g/mol. The van der Waals surface area contributed by atoms with Crippen molar-refractivity contribution in [3.63, 3.8) is 0 Å². The summed E-state index contributed by atoms with van der Waals surface area (Å²) < 4.78 is 0. The third kappa shape index (κ3) is 15.6. The van der Waals surface area contributed by atoms with Crippen LogP contribution < -0.4 is 5.32 Å². The van der Waals surface area contributed by atoms with E-state index in [2.05, 4.69) is 78.0 Å². The first-order valence-corrected chi connectivity index (χ1v) is 12.3. The van der Waals surface area contributed by atoms with Gasteiger partial charge >= 0.3 is 0 Å². The SMILES string of the molecule is CC/C=C\C/C=C\C/C=C\C/C=C\C/C=C\CCCC(=O)N(C)CCNC(=O)c1cccnc1. The highest BCUT2D eigenvalue weighted by Crippen LogP contribution is 2.02. The average molecular weight is 464 g/mol. The first-order valence-electron chi connectivity index (χ1n) is 12.3. The molecule has 0 fully saturated rings. The van der Waals surface area contributed by atoms with Gasteiger partial charge < -0.3 is 10.2 Å². The maximum absolute atomic E-state index is 12.2. The molecule has 0 atom stereocenters. The molecule has 0 aromatic carbocycles. The number of carbonyl (C=O) groups is 2. The number of hydrogen-bond acceptors (Lipinski definition) is 3. The Bertz CT molecular complexity index is 823. The molecule has 0 saturated heterocycles. The Morgan fingerprint density at radius 2 is 1.50 bits per heavy atom. The van der Waals surface area contributed by atoms with E-state index in [-0.39, 0.29) is 11.8 Å². The van der Waals surface area contributed by atoms with Gasteiger partial charge in [0, 0.05) is 39.0 Å². The molecule has 0 aliphatic carbocycles. The fraction of sp³-hybridized carbons (Fsp3) is 0.414. The molecule has 5 heteroatoms. The first kappa shape index (κ1) is 28.8. The Balaban J connectivity index is 2.02. The van der Waals surface area contributed by atoms with Gasteiger partial charge in [0.15, 0.2) is 0 Å². The third-order valence-corrected chi connectivity index (χ3v) is 5.00. The van der Waals surface area contributed by atoms with Crippen LogP contribution in [0.4, 0.5) is 0 Å². The van der Waals surface area contributed by atoms with Crippen molar-refractivity contribution in [2.75, 3.05) is 20.1 Å². The molecule has 184 valence electrons. The summed E-state index contributed by atoms with van der Waals surface area (Å²) in [6.45, 7) is 3.06. The van der Waals surface area contributed by atoms with Crippen LogP contribution in [0.3, 0.4) is 0 Å². The molecule has 0 aliphatic rings. The molecule has 0 saturated carbocycles. The van der Waals surface area contributed by atoms with Crippen LogP contribution in [0, 0.1) is 0 Å². The molecular formula is C29H41N3O2. The number of unbranched alkanes of at least 4 members (excludes halogenated alkanes) is 1. The second-order valence-electron chi connectivity index (χ2n) is 7.91. The number of allylic oxidation sites excluding steroid dienone is 10. The highest BCUT2D eigenvalue weighted by atomic mass is 16.2. The second kappa shape index (κ2) is 20.4. The van der Waals surface area contributed by atoms with Gasteiger partial charge in [-0.15, -0.1) is 0 Å². The fourth-order valence-corrected chi connectivity index (χ4v) is 2.99. The van der Waals surface area contributed by atoms with Crippen molar-refractivity contribution in [2.24, 2.45) is 0 Å². The van der Waals surface area contributed by atoms with Crippen LogP contribution in [0.5, 0.6) is 0 Å². The lowest BCUT2D eigenvalue weighted by Crippen LogP contribution is -2.36. The van der Waals surface area contributed by atoms with Gasteiger partial charge in [0.25, 0.3) is 5.91 Å². The minimum Gasteiger partial charge on any atom is -0.350 e. The maximum Gasteiger partial charge on any atom is 0.252 e. The smallest absolute Gasteiger partial charge is 0.252 e. The van der Waals surface area contributed by atoms with Crippen LogP contribution in [0.2, 0.25) is 0 Å². The normalized spacial score (nSPS) is 12.1. The Morgan fingerprint density at radius 1 is 0.912 bits per heavy atom. The van der Waals surface area contributed by atoms with Gasteiger partial charge in [0.05, 0.1) is 5.56 Å². The van der Waals surface area contributed by atoms with E-state index in [1.807, 2.05) is 0 Å². The number of nitrogens with zero attached hydrogens (tertiary/aromatic N) is 2. The summed E-state index contributed by atoms with van der Waals surface area (Å²) in [4.78, 5) is 29.8. The van der Waals surface area contributed by atoms with Crippen LogP contribution in [-0.4, -0.2) is 41.8 Å². The largest absolute Gasteiger partial charge is 0.350 e. The number of carbonyl (C=O) groups excluding carboxylic acids is 2. The van der Waals surface area contributed by atoms with E-state index in [1.54, 1.807) is 30.3 Å². The van der Waals surface area contributed by atoms with Crippen molar-refractivity contribution in [3.8, 4) is 0 Å². The molecule has 1 heterocycles. The standard InChI is InChI=1S/C29H41N3O2/c1-3-4-5-6-7-8-9-10-11-12-13-14-15-16-17-18-19-22-28(33)32(2)25-24-31-29(34)27-21-20-23-30-26-27/h4-5,7-8,10-11,13-14,16-17,20-21,23,26H,3,6,9,12,15,18-19,22,24-25H2,1-2H3,(H,31,34)/b5-4-,8-7-,11-10-,14-13-,17-16-. The molecule has 1 rings (SSSR count). The van der Waals surface area contributed by atoms with E-state index >= 15 is 0 Å². The molecule has 0 aliphatic heterocycles. The Labute approximate surface area is 206 Å². The van der Waals surface area contributed by atoms with E-state index in [9.17, 15) is 9.59 Å².